The average molecular weight is 390 g/mol. The summed E-state index contributed by atoms with van der Waals surface area (Å²) in [6, 6.07) is 9.83. The van der Waals surface area contributed by atoms with Gasteiger partial charge >= 0.3 is 5.97 Å². The van der Waals surface area contributed by atoms with E-state index in [0.29, 0.717) is 11.6 Å². The van der Waals surface area contributed by atoms with Crippen LogP contribution >= 0.6 is 23.1 Å². The van der Waals surface area contributed by atoms with Crippen LogP contribution in [0.4, 0.5) is 5.69 Å². The molecule has 0 bridgehead atoms. The lowest BCUT2D eigenvalue weighted by Crippen LogP contribution is -2.16. The van der Waals surface area contributed by atoms with Gasteiger partial charge in [-0.1, -0.05) is 6.07 Å². The molecule has 0 amide bonds. The van der Waals surface area contributed by atoms with Crippen LogP contribution < -0.4 is 0 Å². The Labute approximate surface area is 157 Å². The molecule has 0 saturated carbocycles. The fourth-order valence-corrected chi connectivity index (χ4v) is 3.57. The van der Waals surface area contributed by atoms with Crippen LogP contribution in [0.1, 0.15) is 12.6 Å². The zero-order chi connectivity index (χ0) is 18.5. The van der Waals surface area contributed by atoms with Crippen LogP contribution in [0.2, 0.25) is 0 Å². The Hall–Kier alpha value is -2.65. The summed E-state index contributed by atoms with van der Waals surface area (Å²) in [5.41, 5.74) is 0.548. The predicted octanol–water partition coefficient (Wildman–Crippen LogP) is 4.54. The fraction of sp³-hybridized carbons (Fsp3) is 0.176. The molecule has 0 spiro atoms. The van der Waals surface area contributed by atoms with Gasteiger partial charge in [-0.15, -0.1) is 23.1 Å². The minimum absolute atomic E-state index is 0.0113. The van der Waals surface area contributed by atoms with Crippen molar-refractivity contribution in [3.05, 3.63) is 63.8 Å². The summed E-state index contributed by atoms with van der Waals surface area (Å²) in [5, 5.41) is 12.1. The number of thiophene rings is 1. The highest BCUT2D eigenvalue weighted by molar-refractivity contribution is 8.00. The van der Waals surface area contributed by atoms with E-state index in [9.17, 15) is 14.9 Å². The van der Waals surface area contributed by atoms with E-state index >= 15 is 0 Å². The van der Waals surface area contributed by atoms with Crippen LogP contribution in [0.15, 0.2) is 57.4 Å². The van der Waals surface area contributed by atoms with Gasteiger partial charge in [-0.05, 0) is 30.5 Å². The number of non-ortho nitro benzene ring substituents is 1. The molecule has 0 N–H and O–H groups in total. The summed E-state index contributed by atoms with van der Waals surface area (Å²) in [7, 11) is 0. The number of esters is 1. The molecule has 0 radical (unpaired) electrons. The first kappa shape index (κ1) is 18.2. The zero-order valence-electron chi connectivity index (χ0n) is 13.7. The molecule has 2 heterocycles. The summed E-state index contributed by atoms with van der Waals surface area (Å²) in [6.45, 7) is 1.74. The van der Waals surface area contributed by atoms with Crippen molar-refractivity contribution in [1.82, 2.24) is 4.98 Å². The van der Waals surface area contributed by atoms with Crippen LogP contribution in [-0.2, 0) is 16.1 Å². The summed E-state index contributed by atoms with van der Waals surface area (Å²) in [6.07, 6.45) is 1.47. The number of benzene rings is 1. The number of oxazole rings is 1. The number of hydrogen-bond donors (Lipinski definition) is 0. The van der Waals surface area contributed by atoms with Crippen molar-refractivity contribution < 1.29 is 18.9 Å². The topological polar surface area (TPSA) is 95.5 Å². The van der Waals surface area contributed by atoms with Gasteiger partial charge in [0.15, 0.2) is 0 Å². The lowest BCUT2D eigenvalue weighted by molar-refractivity contribution is -0.384. The summed E-state index contributed by atoms with van der Waals surface area (Å²) >= 11 is 2.78. The fourth-order valence-electron chi connectivity index (χ4n) is 2.05. The molecule has 134 valence electrons. The number of nitrogens with zero attached hydrogens (tertiary/aromatic N) is 2. The molecule has 0 saturated heterocycles. The average Bonchev–Trinajstić information content (AvgIpc) is 3.31. The molecule has 3 aromatic rings. The SMILES string of the molecule is CC(Sc1ccc([N+](=O)[O-])cc1)C(=O)OCc1coc(-c2cccs2)n1. The van der Waals surface area contributed by atoms with Gasteiger partial charge in [0.2, 0.25) is 5.89 Å². The summed E-state index contributed by atoms with van der Waals surface area (Å²) in [5.74, 6) is 0.105. The van der Waals surface area contributed by atoms with E-state index in [2.05, 4.69) is 4.98 Å². The van der Waals surface area contributed by atoms with Crippen LogP contribution in [0.25, 0.3) is 10.8 Å². The van der Waals surface area contributed by atoms with E-state index in [0.717, 1.165) is 9.77 Å². The third-order valence-electron chi connectivity index (χ3n) is 3.34. The Balaban J connectivity index is 1.52. The van der Waals surface area contributed by atoms with Crippen LogP contribution in [0, 0.1) is 10.1 Å². The number of hydrogen-bond acceptors (Lipinski definition) is 8. The number of ether oxygens (including phenoxy) is 1. The number of nitro groups is 1. The van der Waals surface area contributed by atoms with Crippen molar-refractivity contribution in [3.63, 3.8) is 0 Å². The minimum Gasteiger partial charge on any atom is -0.458 e. The number of aromatic nitrogens is 1. The van der Waals surface area contributed by atoms with E-state index < -0.39 is 16.1 Å². The smallest absolute Gasteiger partial charge is 0.319 e. The standard InChI is InChI=1S/C17H14N2O5S2/c1-11(26-14-6-4-13(5-7-14)19(21)22)17(20)24-10-12-9-23-16(18-12)15-3-2-8-25-15/h2-9,11H,10H2,1H3. The first-order valence-electron chi connectivity index (χ1n) is 7.59. The maximum absolute atomic E-state index is 12.1. The first-order chi connectivity index (χ1) is 12.5. The molecule has 9 heteroatoms. The van der Waals surface area contributed by atoms with E-state index in [4.69, 9.17) is 9.15 Å². The van der Waals surface area contributed by atoms with Gasteiger partial charge in [0, 0.05) is 17.0 Å². The molecular weight excluding hydrogens is 376 g/mol. The van der Waals surface area contributed by atoms with Crippen LogP contribution in [0.5, 0.6) is 0 Å². The highest BCUT2D eigenvalue weighted by atomic mass is 32.2. The Kier molecular flexibility index (Phi) is 5.69. The van der Waals surface area contributed by atoms with Crippen molar-refractivity contribution in [2.75, 3.05) is 0 Å². The van der Waals surface area contributed by atoms with Crippen LogP contribution in [0.3, 0.4) is 0 Å². The maximum atomic E-state index is 12.1. The Morgan fingerprint density at radius 3 is 2.81 bits per heavy atom. The molecule has 26 heavy (non-hydrogen) atoms. The minimum atomic E-state index is -0.464. The second-order valence-electron chi connectivity index (χ2n) is 5.24. The Morgan fingerprint density at radius 2 is 2.15 bits per heavy atom. The lowest BCUT2D eigenvalue weighted by atomic mass is 10.3. The largest absolute Gasteiger partial charge is 0.458 e. The molecule has 3 rings (SSSR count). The zero-order valence-corrected chi connectivity index (χ0v) is 15.3. The van der Waals surface area contributed by atoms with E-state index in [1.807, 2.05) is 17.5 Å². The molecule has 7 nitrogen and oxygen atoms in total. The van der Waals surface area contributed by atoms with E-state index in [1.165, 1.54) is 41.5 Å². The van der Waals surface area contributed by atoms with Gasteiger partial charge in [0.05, 0.1) is 9.80 Å². The van der Waals surface area contributed by atoms with Gasteiger partial charge in [0.1, 0.15) is 23.8 Å². The van der Waals surface area contributed by atoms with E-state index in [-0.39, 0.29) is 12.3 Å². The molecule has 1 atom stereocenters. The number of nitro benzene ring substituents is 1. The number of thioether (sulfide) groups is 1. The second kappa shape index (κ2) is 8.15. The molecule has 0 aliphatic heterocycles. The molecular formula is C17H14N2O5S2. The summed E-state index contributed by atoms with van der Waals surface area (Å²) < 4.78 is 10.6. The van der Waals surface area contributed by atoms with Crippen molar-refractivity contribution in [2.45, 2.75) is 23.7 Å². The quantitative estimate of drug-likeness (QED) is 0.253. The summed E-state index contributed by atoms with van der Waals surface area (Å²) in [4.78, 5) is 28.3. The molecule has 0 aliphatic rings. The normalized spacial score (nSPS) is 11.9. The number of carbonyl (C=O) groups excluding carboxylic acids is 1. The predicted molar refractivity (Wildman–Crippen MR) is 98.0 cm³/mol. The van der Waals surface area contributed by atoms with Crippen molar-refractivity contribution in [3.8, 4) is 10.8 Å². The van der Waals surface area contributed by atoms with Gasteiger partial charge in [-0.25, -0.2) is 4.98 Å². The van der Waals surface area contributed by atoms with E-state index in [1.54, 1.807) is 19.1 Å². The van der Waals surface area contributed by atoms with Gasteiger partial charge in [-0.2, -0.15) is 0 Å². The molecule has 2 aromatic heterocycles. The molecule has 0 aliphatic carbocycles. The third kappa shape index (κ3) is 4.50. The monoisotopic (exact) mass is 390 g/mol. The van der Waals surface area contributed by atoms with Gasteiger partial charge < -0.3 is 9.15 Å². The Morgan fingerprint density at radius 1 is 1.38 bits per heavy atom. The third-order valence-corrected chi connectivity index (χ3v) is 5.29. The highest BCUT2D eigenvalue weighted by Crippen LogP contribution is 2.27. The van der Waals surface area contributed by atoms with Gasteiger partial charge in [-0.3, -0.25) is 14.9 Å². The number of carbonyl (C=O) groups is 1. The highest BCUT2D eigenvalue weighted by Gasteiger charge is 2.18. The number of rotatable bonds is 7. The second-order valence-corrected chi connectivity index (χ2v) is 7.60. The van der Waals surface area contributed by atoms with Crippen molar-refractivity contribution >= 4 is 34.8 Å². The van der Waals surface area contributed by atoms with Crippen molar-refractivity contribution in [1.29, 1.82) is 0 Å². The molecule has 0 fully saturated rings. The molecule has 1 aromatic carbocycles. The van der Waals surface area contributed by atoms with Crippen LogP contribution in [-0.4, -0.2) is 21.1 Å². The Bertz CT molecular complexity index is 890. The molecule has 1 unspecified atom stereocenters. The maximum Gasteiger partial charge on any atom is 0.319 e. The van der Waals surface area contributed by atoms with Gasteiger partial charge in [0.25, 0.3) is 5.69 Å². The lowest BCUT2D eigenvalue weighted by Gasteiger charge is -2.10. The first-order valence-corrected chi connectivity index (χ1v) is 9.35. The van der Waals surface area contributed by atoms with Crippen molar-refractivity contribution in [2.24, 2.45) is 0 Å².